The number of halogens is 1. The first-order valence-corrected chi connectivity index (χ1v) is 10.6. The fraction of sp³-hybridized carbons (Fsp3) is 0.333. The van der Waals surface area contributed by atoms with Gasteiger partial charge in [-0.15, -0.1) is 0 Å². The molecule has 0 radical (unpaired) electrons. The third kappa shape index (κ3) is 8.88. The van der Waals surface area contributed by atoms with Crippen molar-refractivity contribution in [2.24, 2.45) is 0 Å². The molecule has 0 fully saturated rings. The second kappa shape index (κ2) is 11.4. The molecular formula is C27H31FO4. The van der Waals surface area contributed by atoms with Crippen LogP contribution in [0.2, 0.25) is 0 Å². The molecule has 2 rings (SSSR count). The first kappa shape index (κ1) is 25.1. The van der Waals surface area contributed by atoms with Crippen molar-refractivity contribution in [2.45, 2.75) is 59.5 Å². The highest BCUT2D eigenvalue weighted by molar-refractivity contribution is 5.87. The van der Waals surface area contributed by atoms with E-state index in [1.165, 1.54) is 12.1 Å². The van der Waals surface area contributed by atoms with E-state index in [1.807, 2.05) is 46.8 Å². The predicted octanol–water partition coefficient (Wildman–Crippen LogP) is 6.23. The van der Waals surface area contributed by atoms with Crippen LogP contribution in [0, 0.1) is 5.82 Å². The minimum absolute atomic E-state index is 0.0727. The van der Waals surface area contributed by atoms with E-state index in [4.69, 9.17) is 9.47 Å². The van der Waals surface area contributed by atoms with Gasteiger partial charge in [0.25, 0.3) is 0 Å². The SMILES string of the molecule is CC(C)=CCc1cc(/C=C/C(=O)OC(C)(C)C)ccc1OC(=O)CCc1ccccc1F. The monoisotopic (exact) mass is 438 g/mol. The van der Waals surface area contributed by atoms with E-state index >= 15 is 0 Å². The molecule has 0 spiro atoms. The molecule has 0 amide bonds. The number of rotatable bonds is 8. The van der Waals surface area contributed by atoms with Gasteiger partial charge in [-0.05, 0) is 88.4 Å². The van der Waals surface area contributed by atoms with Gasteiger partial charge >= 0.3 is 11.9 Å². The summed E-state index contributed by atoms with van der Waals surface area (Å²) >= 11 is 0. The topological polar surface area (TPSA) is 52.6 Å². The van der Waals surface area contributed by atoms with Gasteiger partial charge in [-0.1, -0.05) is 35.9 Å². The molecule has 0 saturated carbocycles. The van der Waals surface area contributed by atoms with Crippen molar-refractivity contribution in [1.82, 2.24) is 0 Å². The van der Waals surface area contributed by atoms with Crippen LogP contribution in [0.15, 0.2) is 60.2 Å². The summed E-state index contributed by atoms with van der Waals surface area (Å²) in [6, 6.07) is 11.8. The maximum Gasteiger partial charge on any atom is 0.331 e. The Kier molecular flexibility index (Phi) is 8.94. The normalized spacial score (nSPS) is 11.3. The molecule has 170 valence electrons. The number of esters is 2. The Morgan fingerprint density at radius 2 is 1.75 bits per heavy atom. The van der Waals surface area contributed by atoms with Crippen LogP contribution in [0.4, 0.5) is 4.39 Å². The first-order chi connectivity index (χ1) is 15.0. The number of hydrogen-bond donors (Lipinski definition) is 0. The van der Waals surface area contributed by atoms with E-state index in [-0.39, 0.29) is 18.7 Å². The van der Waals surface area contributed by atoms with Crippen LogP contribution < -0.4 is 4.74 Å². The summed E-state index contributed by atoms with van der Waals surface area (Å²) in [7, 11) is 0. The number of ether oxygens (including phenoxy) is 2. The van der Waals surface area contributed by atoms with E-state index in [0.717, 1.165) is 16.7 Å². The van der Waals surface area contributed by atoms with Gasteiger partial charge in [-0.25, -0.2) is 9.18 Å². The maximum absolute atomic E-state index is 13.8. The molecule has 0 saturated heterocycles. The molecule has 0 bridgehead atoms. The van der Waals surface area contributed by atoms with Gasteiger partial charge in [0.05, 0.1) is 6.42 Å². The molecule has 32 heavy (non-hydrogen) atoms. The summed E-state index contributed by atoms with van der Waals surface area (Å²) in [5, 5.41) is 0. The number of carbonyl (C=O) groups is 2. The molecule has 5 heteroatoms. The van der Waals surface area contributed by atoms with Gasteiger partial charge in [-0.2, -0.15) is 0 Å². The van der Waals surface area contributed by atoms with Crippen molar-refractivity contribution in [3.8, 4) is 5.75 Å². The third-order valence-electron chi connectivity index (χ3n) is 4.41. The number of aryl methyl sites for hydroxylation is 1. The van der Waals surface area contributed by atoms with Crippen LogP contribution in [0.25, 0.3) is 6.08 Å². The number of carbonyl (C=O) groups excluding carboxylic acids is 2. The molecule has 0 N–H and O–H groups in total. The van der Waals surface area contributed by atoms with Crippen molar-refractivity contribution in [3.63, 3.8) is 0 Å². The molecule has 0 aromatic heterocycles. The summed E-state index contributed by atoms with van der Waals surface area (Å²) in [4.78, 5) is 24.3. The van der Waals surface area contributed by atoms with Gasteiger partial charge in [0, 0.05) is 6.08 Å². The predicted molar refractivity (Wildman–Crippen MR) is 125 cm³/mol. The highest BCUT2D eigenvalue weighted by atomic mass is 19.1. The van der Waals surface area contributed by atoms with Crippen molar-refractivity contribution in [3.05, 3.63) is 82.7 Å². The van der Waals surface area contributed by atoms with Gasteiger partial charge in [0.1, 0.15) is 17.2 Å². The minimum Gasteiger partial charge on any atom is -0.457 e. The highest BCUT2D eigenvalue weighted by Gasteiger charge is 2.14. The molecule has 0 aliphatic carbocycles. The smallest absolute Gasteiger partial charge is 0.331 e. The van der Waals surface area contributed by atoms with Crippen LogP contribution in [0.1, 0.15) is 57.7 Å². The zero-order chi connectivity index (χ0) is 23.7. The maximum atomic E-state index is 13.8. The number of hydrogen-bond acceptors (Lipinski definition) is 4. The zero-order valence-corrected chi connectivity index (χ0v) is 19.4. The summed E-state index contributed by atoms with van der Waals surface area (Å²) in [6.07, 6.45) is 6.00. The lowest BCUT2D eigenvalue weighted by atomic mass is 10.0. The Morgan fingerprint density at radius 1 is 1.03 bits per heavy atom. The minimum atomic E-state index is -0.559. The molecular weight excluding hydrogens is 407 g/mol. The average molecular weight is 439 g/mol. The van der Waals surface area contributed by atoms with E-state index in [9.17, 15) is 14.0 Å². The number of benzene rings is 2. The van der Waals surface area contributed by atoms with Gasteiger partial charge in [-0.3, -0.25) is 4.79 Å². The van der Waals surface area contributed by atoms with Crippen molar-refractivity contribution in [2.75, 3.05) is 0 Å². The average Bonchev–Trinajstić information content (AvgIpc) is 2.70. The van der Waals surface area contributed by atoms with E-state index in [2.05, 4.69) is 0 Å². The summed E-state index contributed by atoms with van der Waals surface area (Å²) in [5.41, 5.74) is 2.67. The number of allylic oxidation sites excluding steroid dienone is 2. The quantitative estimate of drug-likeness (QED) is 0.212. The summed E-state index contributed by atoms with van der Waals surface area (Å²) in [5.74, 6) is -0.725. The Labute approximate surface area is 189 Å². The van der Waals surface area contributed by atoms with Crippen LogP contribution >= 0.6 is 0 Å². The fourth-order valence-corrected chi connectivity index (χ4v) is 2.89. The van der Waals surface area contributed by atoms with Gasteiger partial charge in [0.2, 0.25) is 0 Å². The van der Waals surface area contributed by atoms with E-state index < -0.39 is 17.5 Å². The van der Waals surface area contributed by atoms with Gasteiger partial charge in [0.15, 0.2) is 0 Å². The van der Waals surface area contributed by atoms with Crippen molar-refractivity contribution >= 4 is 18.0 Å². The first-order valence-electron chi connectivity index (χ1n) is 10.6. The molecule has 0 heterocycles. The molecule has 4 nitrogen and oxygen atoms in total. The standard InChI is InChI=1S/C27H31FO4/c1-19(2)10-13-22-18-20(12-16-26(30)32-27(3,4)5)11-15-24(22)31-25(29)17-14-21-8-6-7-9-23(21)28/h6-12,15-16,18H,13-14,17H2,1-5H3/b16-12+. The van der Waals surface area contributed by atoms with E-state index in [1.54, 1.807) is 36.4 Å². The molecule has 0 unspecified atom stereocenters. The molecule has 0 aliphatic rings. The Balaban J connectivity index is 2.13. The largest absolute Gasteiger partial charge is 0.457 e. The zero-order valence-electron chi connectivity index (χ0n) is 19.4. The molecule has 2 aromatic rings. The second-order valence-electron chi connectivity index (χ2n) is 8.79. The Hall–Kier alpha value is -3.21. The Morgan fingerprint density at radius 3 is 2.41 bits per heavy atom. The Bertz CT molecular complexity index is 1010. The molecule has 0 aliphatic heterocycles. The summed E-state index contributed by atoms with van der Waals surface area (Å²) < 4.78 is 24.6. The van der Waals surface area contributed by atoms with Crippen LogP contribution in [0.3, 0.4) is 0 Å². The van der Waals surface area contributed by atoms with Crippen LogP contribution in [0.5, 0.6) is 5.75 Å². The third-order valence-corrected chi connectivity index (χ3v) is 4.41. The highest BCUT2D eigenvalue weighted by Crippen LogP contribution is 2.24. The lowest BCUT2D eigenvalue weighted by Gasteiger charge is -2.17. The molecule has 2 aromatic carbocycles. The van der Waals surface area contributed by atoms with Crippen molar-refractivity contribution in [1.29, 1.82) is 0 Å². The lowest BCUT2D eigenvalue weighted by molar-refractivity contribution is -0.148. The molecule has 0 atom stereocenters. The fourth-order valence-electron chi connectivity index (χ4n) is 2.89. The van der Waals surface area contributed by atoms with E-state index in [0.29, 0.717) is 17.7 Å². The second-order valence-corrected chi connectivity index (χ2v) is 8.79. The van der Waals surface area contributed by atoms with Crippen LogP contribution in [-0.2, 0) is 27.2 Å². The summed E-state index contributed by atoms with van der Waals surface area (Å²) in [6.45, 7) is 9.42. The van der Waals surface area contributed by atoms with Crippen molar-refractivity contribution < 1.29 is 23.5 Å². The lowest BCUT2D eigenvalue weighted by Crippen LogP contribution is -2.22. The van der Waals surface area contributed by atoms with Gasteiger partial charge < -0.3 is 9.47 Å². The van der Waals surface area contributed by atoms with Crippen LogP contribution in [-0.4, -0.2) is 17.5 Å².